The predicted molar refractivity (Wildman–Crippen MR) is 92.8 cm³/mol. The first-order chi connectivity index (χ1) is 10.5. The number of thiol groups is 1. The Balaban J connectivity index is 2.44. The van der Waals surface area contributed by atoms with Gasteiger partial charge < -0.3 is 14.4 Å². The van der Waals surface area contributed by atoms with Crippen LogP contribution in [0.1, 0.15) is 49.4 Å². The molecule has 0 amide bonds. The van der Waals surface area contributed by atoms with Gasteiger partial charge in [0.1, 0.15) is 0 Å². The summed E-state index contributed by atoms with van der Waals surface area (Å²) in [6.07, 6.45) is 1.76. The number of hydrogen-bond donors (Lipinski definition) is 2. The Morgan fingerprint density at radius 1 is 1.35 bits per heavy atom. The number of aromatic carboxylic acids is 1. The van der Waals surface area contributed by atoms with E-state index in [1.807, 2.05) is 27.7 Å². The minimum atomic E-state index is -1.02. The van der Waals surface area contributed by atoms with Crippen LogP contribution >= 0.6 is 12.6 Å². The van der Waals surface area contributed by atoms with E-state index in [1.54, 1.807) is 20.0 Å². The molecule has 23 heavy (non-hydrogen) atoms. The van der Waals surface area contributed by atoms with Gasteiger partial charge >= 0.3 is 13.1 Å². The average Bonchev–Trinajstić information content (AvgIpc) is 2.79. The molecule has 2 rings (SSSR count). The van der Waals surface area contributed by atoms with E-state index < -0.39 is 24.3 Å². The lowest BCUT2D eigenvalue weighted by atomic mass is 9.78. The van der Waals surface area contributed by atoms with Crippen LogP contribution < -0.4 is 0 Å². The second kappa shape index (κ2) is 6.00. The van der Waals surface area contributed by atoms with Crippen molar-refractivity contribution in [1.29, 1.82) is 0 Å². The lowest BCUT2D eigenvalue weighted by molar-refractivity contribution is 0.00578. The largest absolute Gasteiger partial charge is 0.491 e. The van der Waals surface area contributed by atoms with Crippen molar-refractivity contribution in [2.75, 3.05) is 5.75 Å². The molecule has 1 N–H and O–H groups in total. The van der Waals surface area contributed by atoms with E-state index in [4.69, 9.17) is 9.31 Å². The minimum Gasteiger partial charge on any atom is -0.477 e. The molecule has 6 nitrogen and oxygen atoms in total. The Hall–Kier alpha value is -1.25. The number of carbonyl (C=O) groups is 1. The van der Waals surface area contributed by atoms with Gasteiger partial charge in [0.15, 0.2) is 5.69 Å². The molecule has 1 aromatic rings. The van der Waals surface area contributed by atoms with Crippen molar-refractivity contribution in [2.45, 2.75) is 45.8 Å². The average molecular weight is 338 g/mol. The molecular weight excluding hydrogens is 315 g/mol. The highest BCUT2D eigenvalue weighted by molar-refractivity contribution is 7.80. The topological polar surface area (TPSA) is 73.6 Å². The number of rotatable bonds is 4. The van der Waals surface area contributed by atoms with Gasteiger partial charge in [-0.25, -0.2) is 4.79 Å². The Kier molecular flexibility index (Phi) is 4.72. The maximum absolute atomic E-state index is 11.5. The number of nitrogens with zero attached hydrogens (tertiary/aromatic N) is 2. The third kappa shape index (κ3) is 3.20. The lowest BCUT2D eigenvalue weighted by Crippen LogP contribution is -2.41. The molecule has 1 aliphatic heterocycles. The van der Waals surface area contributed by atoms with Crippen molar-refractivity contribution < 1.29 is 19.2 Å². The van der Waals surface area contributed by atoms with Crippen LogP contribution in [-0.4, -0.2) is 44.9 Å². The zero-order valence-electron chi connectivity index (χ0n) is 14.4. The first-order valence-corrected chi connectivity index (χ1v) is 8.07. The maximum Gasteiger partial charge on any atom is 0.491 e. The van der Waals surface area contributed by atoms with E-state index in [-0.39, 0.29) is 5.69 Å². The fraction of sp³-hybridized carbons (Fsp3) is 0.600. The highest BCUT2D eigenvalue weighted by Gasteiger charge is 2.52. The molecule has 8 heteroatoms. The molecule has 0 aromatic carbocycles. The third-order valence-electron chi connectivity index (χ3n) is 4.54. The summed E-state index contributed by atoms with van der Waals surface area (Å²) in [6, 6.07) is 0. The van der Waals surface area contributed by atoms with Gasteiger partial charge in [0.25, 0.3) is 0 Å². The highest BCUT2D eigenvalue weighted by atomic mass is 32.1. The van der Waals surface area contributed by atoms with Gasteiger partial charge in [-0.3, -0.25) is 4.68 Å². The zero-order chi connectivity index (χ0) is 17.6. The van der Waals surface area contributed by atoms with Gasteiger partial charge in [-0.2, -0.15) is 17.7 Å². The van der Waals surface area contributed by atoms with Gasteiger partial charge in [-0.15, -0.1) is 0 Å². The smallest absolute Gasteiger partial charge is 0.477 e. The van der Waals surface area contributed by atoms with E-state index in [0.717, 1.165) is 5.47 Å². The third-order valence-corrected chi connectivity index (χ3v) is 4.90. The molecule has 0 atom stereocenters. The van der Waals surface area contributed by atoms with Crippen molar-refractivity contribution in [3.63, 3.8) is 0 Å². The second-order valence-electron chi connectivity index (χ2n) is 6.74. The molecule has 1 saturated heterocycles. The number of hydrogen-bond acceptors (Lipinski definition) is 5. The van der Waals surface area contributed by atoms with Crippen molar-refractivity contribution in [1.82, 2.24) is 9.78 Å². The van der Waals surface area contributed by atoms with Gasteiger partial charge in [0, 0.05) is 18.4 Å². The summed E-state index contributed by atoms with van der Waals surface area (Å²) in [5.41, 5.74) is 1.18. The molecule has 1 aromatic heterocycles. The fourth-order valence-corrected chi connectivity index (χ4v) is 2.71. The van der Waals surface area contributed by atoms with E-state index in [0.29, 0.717) is 17.0 Å². The van der Waals surface area contributed by atoms with Crippen LogP contribution in [-0.2, 0) is 16.4 Å². The Bertz CT molecular complexity index is 651. The Morgan fingerprint density at radius 3 is 2.30 bits per heavy atom. The van der Waals surface area contributed by atoms with Crippen LogP contribution in [0.3, 0.4) is 0 Å². The summed E-state index contributed by atoms with van der Waals surface area (Å²) in [4.78, 5) is 11.5. The first-order valence-electron chi connectivity index (χ1n) is 7.44. The van der Waals surface area contributed by atoms with Gasteiger partial charge in [0.05, 0.1) is 16.9 Å². The second-order valence-corrected chi connectivity index (χ2v) is 7.06. The van der Waals surface area contributed by atoms with Crippen LogP contribution in [0.4, 0.5) is 0 Å². The SMILES string of the molecule is Cc1nn(C)c(C(=O)O)c1C=C(CS)B1OC(C)(C)C(C)(C)O1. The molecule has 0 unspecified atom stereocenters. The summed E-state index contributed by atoms with van der Waals surface area (Å²) in [5, 5.41) is 13.6. The fourth-order valence-electron chi connectivity index (χ4n) is 2.47. The van der Waals surface area contributed by atoms with Gasteiger partial charge in [0.2, 0.25) is 0 Å². The predicted octanol–water partition coefficient (Wildman–Crippen LogP) is 2.37. The minimum absolute atomic E-state index is 0.137. The zero-order valence-corrected chi connectivity index (χ0v) is 15.3. The summed E-state index contributed by atoms with van der Waals surface area (Å²) in [7, 11) is 1.06. The standard InChI is InChI=1S/C15H23BN2O4S/c1-9-11(12(13(19)20)18(6)17-9)7-10(8-23)16-21-14(2,3)15(4,5)22-16/h7,23H,8H2,1-6H3,(H,19,20). The molecular formula is C15H23BN2O4S. The molecule has 0 aliphatic carbocycles. The van der Waals surface area contributed by atoms with Gasteiger partial charge in [-0.1, -0.05) is 6.08 Å². The molecule has 2 heterocycles. The molecule has 1 aliphatic rings. The molecule has 0 saturated carbocycles. The van der Waals surface area contributed by atoms with Crippen LogP contribution in [0.25, 0.3) is 6.08 Å². The van der Waals surface area contributed by atoms with E-state index in [2.05, 4.69) is 17.7 Å². The number of aryl methyl sites for hydroxylation is 2. The molecule has 1 fully saturated rings. The summed E-state index contributed by atoms with van der Waals surface area (Å²) < 4.78 is 13.4. The van der Waals surface area contributed by atoms with Crippen LogP contribution in [0.15, 0.2) is 5.47 Å². The van der Waals surface area contributed by atoms with Crippen molar-refractivity contribution in [3.8, 4) is 0 Å². The molecule has 0 spiro atoms. The van der Waals surface area contributed by atoms with Crippen LogP contribution in [0, 0.1) is 6.92 Å². The van der Waals surface area contributed by atoms with E-state index in [9.17, 15) is 9.90 Å². The number of carboxylic acids is 1. The van der Waals surface area contributed by atoms with E-state index >= 15 is 0 Å². The van der Waals surface area contributed by atoms with Crippen molar-refractivity contribution in [2.24, 2.45) is 7.05 Å². The number of aromatic nitrogens is 2. The summed E-state index contributed by atoms with van der Waals surface area (Å²) in [6.45, 7) is 9.67. The normalized spacial score (nSPS) is 20.1. The highest BCUT2D eigenvalue weighted by Crippen LogP contribution is 2.39. The van der Waals surface area contributed by atoms with Crippen molar-refractivity contribution >= 4 is 31.8 Å². The summed E-state index contributed by atoms with van der Waals surface area (Å²) in [5.74, 6) is -0.628. The van der Waals surface area contributed by atoms with Crippen molar-refractivity contribution in [3.05, 3.63) is 22.4 Å². The monoisotopic (exact) mass is 338 g/mol. The maximum atomic E-state index is 11.5. The Morgan fingerprint density at radius 2 is 1.87 bits per heavy atom. The Labute approximate surface area is 142 Å². The molecule has 126 valence electrons. The van der Waals surface area contributed by atoms with Crippen LogP contribution in [0.2, 0.25) is 0 Å². The van der Waals surface area contributed by atoms with Crippen LogP contribution in [0.5, 0.6) is 0 Å². The molecule has 0 bridgehead atoms. The lowest BCUT2D eigenvalue weighted by Gasteiger charge is -2.32. The first kappa shape index (κ1) is 18.1. The van der Waals surface area contributed by atoms with Gasteiger partial charge in [-0.05, 0) is 40.1 Å². The van der Waals surface area contributed by atoms with E-state index in [1.165, 1.54) is 4.68 Å². The summed E-state index contributed by atoms with van der Waals surface area (Å²) >= 11 is 4.36. The quantitative estimate of drug-likeness (QED) is 0.651. The molecule has 0 radical (unpaired) electrons. The number of carboxylic acid groups (broad SMARTS) is 1.